The van der Waals surface area contributed by atoms with E-state index in [1.807, 2.05) is 12.1 Å². The Morgan fingerprint density at radius 2 is 1.92 bits per heavy atom. The van der Waals surface area contributed by atoms with E-state index >= 15 is 0 Å². The van der Waals surface area contributed by atoms with Gasteiger partial charge in [-0.15, -0.1) is 11.3 Å². The van der Waals surface area contributed by atoms with Crippen LogP contribution in [0.5, 0.6) is 0 Å². The third kappa shape index (κ3) is 4.01. The highest BCUT2D eigenvalue weighted by Crippen LogP contribution is 2.28. The quantitative estimate of drug-likeness (QED) is 0.857. The zero-order chi connectivity index (χ0) is 16.8. The smallest absolute Gasteiger partial charge is 0.110 e. The summed E-state index contributed by atoms with van der Waals surface area (Å²) in [7, 11) is 0. The largest absolute Gasteiger partial charge is 0.380 e. The molecule has 4 nitrogen and oxygen atoms in total. The van der Waals surface area contributed by atoms with Gasteiger partial charge in [0.05, 0.1) is 12.7 Å². The highest BCUT2D eigenvalue weighted by Gasteiger charge is 2.20. The van der Waals surface area contributed by atoms with Crippen LogP contribution in [0.15, 0.2) is 36.4 Å². The minimum atomic E-state index is -0.107. The fourth-order valence-corrected chi connectivity index (χ4v) is 3.72. The molecule has 0 saturated carbocycles. The monoisotopic (exact) mass is 337 g/mol. The van der Waals surface area contributed by atoms with Gasteiger partial charge >= 0.3 is 0 Å². The third-order valence-electron chi connectivity index (χ3n) is 4.23. The molecule has 1 atom stereocenters. The van der Waals surface area contributed by atoms with Gasteiger partial charge in [-0.3, -0.25) is 4.90 Å². The van der Waals surface area contributed by atoms with Gasteiger partial charge in [-0.2, -0.15) is 10.5 Å². The second-order valence-corrected chi connectivity index (χ2v) is 6.91. The minimum absolute atomic E-state index is 0.107. The van der Waals surface area contributed by atoms with Crippen molar-refractivity contribution < 1.29 is 4.74 Å². The van der Waals surface area contributed by atoms with Crippen molar-refractivity contribution in [2.75, 3.05) is 26.3 Å². The second kappa shape index (κ2) is 8.08. The first-order valence-electron chi connectivity index (χ1n) is 8.11. The Kier molecular flexibility index (Phi) is 5.61. The number of nitriles is 2. The van der Waals surface area contributed by atoms with Crippen LogP contribution in [0.1, 0.15) is 16.9 Å². The van der Waals surface area contributed by atoms with Crippen molar-refractivity contribution in [2.24, 2.45) is 0 Å². The van der Waals surface area contributed by atoms with Crippen molar-refractivity contribution >= 4 is 11.3 Å². The molecule has 5 heteroatoms. The number of hydrogen-bond acceptors (Lipinski definition) is 5. The van der Waals surface area contributed by atoms with Crippen LogP contribution in [0.25, 0.3) is 10.4 Å². The summed E-state index contributed by atoms with van der Waals surface area (Å²) in [5.74, 6) is 0. The second-order valence-electron chi connectivity index (χ2n) is 5.82. The lowest BCUT2D eigenvalue weighted by Crippen LogP contribution is -2.37. The molecule has 0 N–H and O–H groups in total. The highest BCUT2D eigenvalue weighted by atomic mass is 32.1. The SMILES string of the molecule is N#Cc1ccc(-c2ccc(C[C@@H](C#N)N3CCCOCC3)cc2)s1. The molecule has 24 heavy (non-hydrogen) atoms. The van der Waals surface area contributed by atoms with Crippen LogP contribution >= 0.6 is 11.3 Å². The van der Waals surface area contributed by atoms with Gasteiger partial charge in [-0.05, 0) is 29.7 Å². The Morgan fingerprint density at radius 3 is 2.62 bits per heavy atom. The normalized spacial score (nSPS) is 16.8. The van der Waals surface area contributed by atoms with Gasteiger partial charge in [-0.1, -0.05) is 24.3 Å². The molecular weight excluding hydrogens is 318 g/mol. The van der Waals surface area contributed by atoms with Gasteiger partial charge in [0.25, 0.3) is 0 Å². The summed E-state index contributed by atoms with van der Waals surface area (Å²) in [5, 5.41) is 18.5. The number of ether oxygens (including phenoxy) is 1. The lowest BCUT2D eigenvalue weighted by molar-refractivity contribution is 0.137. The van der Waals surface area contributed by atoms with E-state index in [-0.39, 0.29) is 6.04 Å². The van der Waals surface area contributed by atoms with E-state index in [1.54, 1.807) is 0 Å². The lowest BCUT2D eigenvalue weighted by atomic mass is 10.0. The van der Waals surface area contributed by atoms with E-state index in [0.717, 1.165) is 53.4 Å². The maximum atomic E-state index is 9.53. The van der Waals surface area contributed by atoms with Gasteiger partial charge < -0.3 is 4.74 Å². The molecule has 0 aliphatic carbocycles. The van der Waals surface area contributed by atoms with Crippen LogP contribution in [-0.4, -0.2) is 37.2 Å². The average Bonchev–Trinajstić information content (AvgIpc) is 2.95. The van der Waals surface area contributed by atoms with E-state index in [9.17, 15) is 5.26 Å². The summed E-state index contributed by atoms with van der Waals surface area (Å²) < 4.78 is 5.47. The van der Waals surface area contributed by atoms with E-state index in [1.165, 1.54) is 11.3 Å². The van der Waals surface area contributed by atoms with Crippen LogP contribution in [0.2, 0.25) is 0 Å². The van der Waals surface area contributed by atoms with Gasteiger partial charge in [0.2, 0.25) is 0 Å². The number of thiophene rings is 1. The topological polar surface area (TPSA) is 60.0 Å². The molecule has 0 bridgehead atoms. The Hall–Kier alpha value is -2.18. The van der Waals surface area contributed by atoms with Crippen LogP contribution in [0.4, 0.5) is 0 Å². The Labute approximate surface area is 146 Å². The van der Waals surface area contributed by atoms with Gasteiger partial charge in [0.15, 0.2) is 0 Å². The maximum Gasteiger partial charge on any atom is 0.110 e. The maximum absolute atomic E-state index is 9.53. The molecule has 3 rings (SSSR count). The van der Waals surface area contributed by atoms with Crippen LogP contribution in [0, 0.1) is 22.7 Å². The molecule has 1 saturated heterocycles. The molecule has 0 amide bonds. The zero-order valence-corrected chi connectivity index (χ0v) is 14.3. The number of nitrogens with zero attached hydrogens (tertiary/aromatic N) is 3. The molecule has 1 aromatic carbocycles. The van der Waals surface area contributed by atoms with Crippen molar-refractivity contribution in [3.05, 3.63) is 46.8 Å². The molecule has 0 radical (unpaired) electrons. The third-order valence-corrected chi connectivity index (χ3v) is 5.27. The van der Waals surface area contributed by atoms with E-state index in [0.29, 0.717) is 6.61 Å². The van der Waals surface area contributed by atoms with Crippen LogP contribution in [0.3, 0.4) is 0 Å². The number of benzene rings is 1. The van der Waals surface area contributed by atoms with Crippen molar-refractivity contribution in [3.63, 3.8) is 0 Å². The average molecular weight is 337 g/mol. The fourth-order valence-electron chi connectivity index (χ4n) is 2.91. The summed E-state index contributed by atoms with van der Waals surface area (Å²) in [6.07, 6.45) is 1.71. The van der Waals surface area contributed by atoms with Gasteiger partial charge in [-0.25, -0.2) is 0 Å². The van der Waals surface area contributed by atoms with Gasteiger partial charge in [0.1, 0.15) is 17.0 Å². The first kappa shape index (κ1) is 16.7. The molecule has 122 valence electrons. The molecule has 1 aromatic heterocycles. The summed E-state index contributed by atoms with van der Waals surface area (Å²) in [6, 6.07) is 16.6. The first-order valence-corrected chi connectivity index (χ1v) is 8.92. The predicted octanol–water partition coefficient (Wildman–Crippen LogP) is 3.44. The molecule has 1 fully saturated rings. The van der Waals surface area contributed by atoms with Crippen molar-refractivity contribution in [2.45, 2.75) is 18.9 Å². The summed E-state index contributed by atoms with van der Waals surface area (Å²) in [6.45, 7) is 3.23. The molecule has 1 aliphatic rings. The minimum Gasteiger partial charge on any atom is -0.380 e. The highest BCUT2D eigenvalue weighted by molar-refractivity contribution is 7.16. The molecule has 2 heterocycles. The Balaban J connectivity index is 1.68. The molecular formula is C19H19N3OS. The van der Waals surface area contributed by atoms with Crippen molar-refractivity contribution in [3.8, 4) is 22.6 Å². The number of rotatable bonds is 4. The van der Waals surface area contributed by atoms with Crippen LogP contribution in [-0.2, 0) is 11.2 Å². The fraction of sp³-hybridized carbons (Fsp3) is 0.368. The molecule has 0 unspecified atom stereocenters. The van der Waals surface area contributed by atoms with Crippen molar-refractivity contribution in [1.29, 1.82) is 10.5 Å². The lowest BCUT2D eigenvalue weighted by Gasteiger charge is -2.24. The van der Waals surface area contributed by atoms with E-state index in [2.05, 4.69) is 41.3 Å². The van der Waals surface area contributed by atoms with Crippen molar-refractivity contribution in [1.82, 2.24) is 4.90 Å². The Bertz CT molecular complexity index is 746. The van der Waals surface area contributed by atoms with Crippen LogP contribution < -0.4 is 0 Å². The Morgan fingerprint density at radius 1 is 1.08 bits per heavy atom. The zero-order valence-electron chi connectivity index (χ0n) is 13.4. The van der Waals surface area contributed by atoms with Gasteiger partial charge in [0, 0.05) is 31.0 Å². The summed E-state index contributed by atoms with van der Waals surface area (Å²) in [5.41, 5.74) is 2.27. The summed E-state index contributed by atoms with van der Waals surface area (Å²) >= 11 is 1.50. The molecule has 1 aliphatic heterocycles. The van der Waals surface area contributed by atoms with E-state index in [4.69, 9.17) is 10.00 Å². The van der Waals surface area contributed by atoms with E-state index < -0.39 is 0 Å². The number of hydrogen-bond donors (Lipinski definition) is 0. The first-order chi connectivity index (χ1) is 11.8. The standard InChI is InChI=1S/C19H19N3OS/c20-13-17(22-8-1-10-23-11-9-22)12-15-2-4-16(5-3-15)19-7-6-18(14-21)24-19/h2-7,17H,1,8-12H2/t17-/m0/s1. The molecule has 2 aromatic rings. The summed E-state index contributed by atoms with van der Waals surface area (Å²) in [4.78, 5) is 4.04. The predicted molar refractivity (Wildman–Crippen MR) is 94.6 cm³/mol. The molecule has 0 spiro atoms.